The molecule has 1 saturated carbocycles. The highest BCUT2D eigenvalue weighted by atomic mass is 35.5. The van der Waals surface area contributed by atoms with Crippen molar-refractivity contribution < 1.29 is 4.79 Å². The molecule has 1 amide bonds. The van der Waals surface area contributed by atoms with Crippen molar-refractivity contribution in [2.75, 3.05) is 5.75 Å². The number of carbonyl (C=O) groups excluding carboxylic acids is 1. The van der Waals surface area contributed by atoms with E-state index in [1.165, 1.54) is 24.6 Å². The molecule has 2 heterocycles. The Balaban J connectivity index is 1.55. The second kappa shape index (κ2) is 7.09. The fourth-order valence-corrected chi connectivity index (χ4v) is 3.93. The number of nitrogens with one attached hydrogen (secondary N) is 2. The Morgan fingerprint density at radius 3 is 3.13 bits per heavy atom. The number of H-pyrrole nitrogens is 1. The van der Waals surface area contributed by atoms with Gasteiger partial charge in [-0.05, 0) is 24.3 Å². The van der Waals surface area contributed by atoms with E-state index in [4.69, 9.17) is 11.6 Å². The van der Waals surface area contributed by atoms with Crippen LogP contribution in [0.5, 0.6) is 0 Å². The zero-order valence-corrected chi connectivity index (χ0v) is 14.9. The Hall–Kier alpha value is -1.27. The molecule has 5 nitrogen and oxygen atoms in total. The van der Waals surface area contributed by atoms with E-state index in [-0.39, 0.29) is 5.91 Å². The smallest absolute Gasteiger partial charge is 0.230 e. The van der Waals surface area contributed by atoms with Crippen LogP contribution in [0.25, 0.3) is 11.2 Å². The van der Waals surface area contributed by atoms with Crippen LogP contribution in [0.2, 0.25) is 5.02 Å². The standard InChI is InChI=1S/C16H21ClN4OS/c1-9-4-3-5-12(10(9)2)19-14(22)8-23-16-20-13-6-11(17)7-18-15(13)21-16/h6-7,9-10,12H,3-5,8H2,1-2H3,(H,19,22)(H,18,20,21)/t9-,10+,12+/m0/s1. The van der Waals surface area contributed by atoms with Gasteiger partial charge in [-0.3, -0.25) is 4.79 Å². The first-order valence-electron chi connectivity index (χ1n) is 7.96. The Kier molecular flexibility index (Phi) is 5.11. The molecule has 0 saturated heterocycles. The topological polar surface area (TPSA) is 70.7 Å². The van der Waals surface area contributed by atoms with Crippen LogP contribution in [0.1, 0.15) is 33.1 Å². The van der Waals surface area contributed by atoms with E-state index in [9.17, 15) is 4.79 Å². The molecule has 0 radical (unpaired) electrons. The van der Waals surface area contributed by atoms with Gasteiger partial charge in [0.1, 0.15) is 0 Å². The summed E-state index contributed by atoms with van der Waals surface area (Å²) >= 11 is 7.30. The van der Waals surface area contributed by atoms with E-state index in [0.717, 1.165) is 11.9 Å². The van der Waals surface area contributed by atoms with E-state index in [1.54, 1.807) is 12.3 Å². The summed E-state index contributed by atoms with van der Waals surface area (Å²) in [7, 11) is 0. The Morgan fingerprint density at radius 2 is 2.30 bits per heavy atom. The van der Waals surface area contributed by atoms with Crippen molar-refractivity contribution in [3.63, 3.8) is 0 Å². The zero-order chi connectivity index (χ0) is 16.4. The maximum atomic E-state index is 12.2. The van der Waals surface area contributed by atoms with Gasteiger partial charge in [-0.2, -0.15) is 0 Å². The number of thioether (sulfide) groups is 1. The number of nitrogens with zero attached hydrogens (tertiary/aromatic N) is 2. The number of aromatic amines is 1. The molecule has 3 atom stereocenters. The van der Waals surface area contributed by atoms with Gasteiger partial charge in [-0.1, -0.05) is 50.1 Å². The largest absolute Gasteiger partial charge is 0.352 e. The van der Waals surface area contributed by atoms with Crippen LogP contribution in [-0.4, -0.2) is 32.7 Å². The number of rotatable bonds is 4. The number of carbonyl (C=O) groups is 1. The molecule has 1 fully saturated rings. The molecule has 7 heteroatoms. The van der Waals surface area contributed by atoms with E-state index in [2.05, 4.69) is 34.1 Å². The first kappa shape index (κ1) is 16.6. The fourth-order valence-electron chi connectivity index (χ4n) is 3.09. The van der Waals surface area contributed by atoms with Gasteiger partial charge in [0.25, 0.3) is 0 Å². The SMILES string of the molecule is C[C@@H]1[C@@H](C)CCC[C@H]1NC(=O)CSc1nc2ncc(Cl)cc2[nH]1. The third kappa shape index (κ3) is 3.98. The fraction of sp³-hybridized carbons (Fsp3) is 0.562. The number of aromatic nitrogens is 3. The number of halogens is 1. The summed E-state index contributed by atoms with van der Waals surface area (Å²) in [5.41, 5.74) is 1.40. The van der Waals surface area contributed by atoms with Gasteiger partial charge in [0, 0.05) is 12.2 Å². The van der Waals surface area contributed by atoms with Crippen molar-refractivity contribution in [2.45, 2.75) is 44.3 Å². The second-order valence-electron chi connectivity index (χ2n) is 6.30. The lowest BCUT2D eigenvalue weighted by Crippen LogP contribution is -2.44. The van der Waals surface area contributed by atoms with Crippen LogP contribution in [0.15, 0.2) is 17.4 Å². The average Bonchev–Trinajstić information content (AvgIpc) is 2.92. The van der Waals surface area contributed by atoms with Crippen molar-refractivity contribution in [3.05, 3.63) is 17.3 Å². The summed E-state index contributed by atoms with van der Waals surface area (Å²) in [5.74, 6) is 1.63. The first-order chi connectivity index (χ1) is 11.0. The summed E-state index contributed by atoms with van der Waals surface area (Å²) in [6, 6.07) is 2.08. The molecule has 0 bridgehead atoms. The molecule has 23 heavy (non-hydrogen) atoms. The molecule has 2 N–H and O–H groups in total. The summed E-state index contributed by atoms with van der Waals surface area (Å²) in [6.45, 7) is 4.50. The third-order valence-electron chi connectivity index (χ3n) is 4.68. The molecular formula is C16H21ClN4OS. The molecule has 2 aromatic rings. The van der Waals surface area contributed by atoms with Crippen molar-refractivity contribution >= 4 is 40.4 Å². The third-order valence-corrected chi connectivity index (χ3v) is 5.76. The lowest BCUT2D eigenvalue weighted by Gasteiger charge is -2.34. The highest BCUT2D eigenvalue weighted by Gasteiger charge is 2.28. The average molecular weight is 353 g/mol. The highest BCUT2D eigenvalue weighted by Crippen LogP contribution is 2.29. The van der Waals surface area contributed by atoms with Gasteiger partial charge < -0.3 is 10.3 Å². The summed E-state index contributed by atoms with van der Waals surface area (Å²) in [5, 5.41) is 4.43. The molecule has 1 aliphatic carbocycles. The summed E-state index contributed by atoms with van der Waals surface area (Å²) < 4.78 is 0. The minimum atomic E-state index is 0.0624. The molecule has 0 spiro atoms. The van der Waals surface area contributed by atoms with E-state index >= 15 is 0 Å². The number of hydrogen-bond acceptors (Lipinski definition) is 4. The second-order valence-corrected chi connectivity index (χ2v) is 7.70. The predicted molar refractivity (Wildman–Crippen MR) is 93.7 cm³/mol. The molecule has 1 aliphatic rings. The molecule has 0 aromatic carbocycles. The van der Waals surface area contributed by atoms with Gasteiger partial charge in [0.05, 0.1) is 16.3 Å². The lowest BCUT2D eigenvalue weighted by atomic mass is 9.78. The highest BCUT2D eigenvalue weighted by molar-refractivity contribution is 7.99. The van der Waals surface area contributed by atoms with Gasteiger partial charge >= 0.3 is 0 Å². The maximum Gasteiger partial charge on any atom is 0.230 e. The van der Waals surface area contributed by atoms with Crippen molar-refractivity contribution in [3.8, 4) is 0 Å². The van der Waals surface area contributed by atoms with Gasteiger partial charge in [-0.25, -0.2) is 9.97 Å². The zero-order valence-electron chi connectivity index (χ0n) is 13.3. The molecule has 3 rings (SSSR count). The minimum absolute atomic E-state index is 0.0624. The van der Waals surface area contributed by atoms with Crippen LogP contribution < -0.4 is 5.32 Å². The van der Waals surface area contributed by atoms with Gasteiger partial charge in [0.15, 0.2) is 10.8 Å². The number of pyridine rings is 1. The molecule has 124 valence electrons. The predicted octanol–water partition coefficient (Wildman–Crippen LogP) is 3.64. The van der Waals surface area contributed by atoms with E-state index in [1.807, 2.05) is 0 Å². The first-order valence-corrected chi connectivity index (χ1v) is 9.32. The molecule has 0 aliphatic heterocycles. The Labute approximate surface area is 145 Å². The van der Waals surface area contributed by atoms with Crippen LogP contribution in [0.4, 0.5) is 0 Å². The Bertz CT molecular complexity index is 704. The van der Waals surface area contributed by atoms with Crippen LogP contribution >= 0.6 is 23.4 Å². The van der Waals surface area contributed by atoms with Gasteiger partial charge in [-0.15, -0.1) is 0 Å². The van der Waals surface area contributed by atoms with Crippen LogP contribution in [-0.2, 0) is 4.79 Å². The van der Waals surface area contributed by atoms with Crippen molar-refractivity contribution in [1.82, 2.24) is 20.3 Å². The van der Waals surface area contributed by atoms with E-state index < -0.39 is 0 Å². The van der Waals surface area contributed by atoms with Gasteiger partial charge in [0.2, 0.25) is 5.91 Å². The summed E-state index contributed by atoms with van der Waals surface area (Å²) in [4.78, 5) is 23.8. The normalized spacial score (nSPS) is 24.7. The number of amides is 1. The number of imidazole rings is 1. The maximum absolute atomic E-state index is 12.2. The molecule has 2 aromatic heterocycles. The minimum Gasteiger partial charge on any atom is -0.352 e. The molecular weight excluding hydrogens is 332 g/mol. The van der Waals surface area contributed by atoms with Crippen LogP contribution in [0, 0.1) is 11.8 Å². The monoisotopic (exact) mass is 352 g/mol. The summed E-state index contributed by atoms with van der Waals surface area (Å²) in [6.07, 6.45) is 5.10. The molecule has 0 unspecified atom stereocenters. The van der Waals surface area contributed by atoms with Crippen molar-refractivity contribution in [2.24, 2.45) is 11.8 Å². The lowest BCUT2D eigenvalue weighted by molar-refractivity contribution is -0.120. The van der Waals surface area contributed by atoms with E-state index in [0.29, 0.717) is 39.5 Å². The number of hydrogen-bond donors (Lipinski definition) is 2. The quantitative estimate of drug-likeness (QED) is 0.824. The van der Waals surface area contributed by atoms with Crippen LogP contribution in [0.3, 0.4) is 0 Å². The number of fused-ring (bicyclic) bond motifs is 1. The van der Waals surface area contributed by atoms with Crippen molar-refractivity contribution in [1.29, 1.82) is 0 Å². The Morgan fingerprint density at radius 1 is 1.48 bits per heavy atom.